The molecule has 1 aliphatic carbocycles. The van der Waals surface area contributed by atoms with Gasteiger partial charge in [0.15, 0.2) is 5.78 Å². The Morgan fingerprint density at radius 3 is 2.14 bits per heavy atom. The molecule has 0 saturated heterocycles. The van der Waals surface area contributed by atoms with Gasteiger partial charge in [-0.25, -0.2) is 4.98 Å². The van der Waals surface area contributed by atoms with Crippen molar-refractivity contribution in [1.29, 1.82) is 0 Å². The van der Waals surface area contributed by atoms with Gasteiger partial charge in [-0.05, 0) is 93.9 Å². The van der Waals surface area contributed by atoms with E-state index in [-0.39, 0.29) is 59.7 Å². The normalized spacial score (nSPS) is 17.9. The summed E-state index contributed by atoms with van der Waals surface area (Å²) in [6.45, 7) is 21.5. The summed E-state index contributed by atoms with van der Waals surface area (Å²) in [4.78, 5) is 74.0. The van der Waals surface area contributed by atoms with Crippen LogP contribution in [0.4, 0.5) is 0 Å². The predicted molar refractivity (Wildman–Crippen MR) is 261 cm³/mol. The number of aldehydes is 1. The standard InChI is InChI=1S/C54H71N4O6.Mg/c1-12-38-34(7)42-27-46-40(29-59)36(9)41(56-46)26-43-35(8)39(51(57-43)49-50(54(62)63-11)53(61)48-37(10)44(58-52(48)49)28-45(38)55-42)22-23-47(60)64-25-24-33(6)21-15-20-32(5)19-14-18-31(4)17-13-16-30(2)3;/h24,26-32,35,39,50H,12-23,25H2,1-11H3,(H-,55,56,57,58,59,61);/q-1;+2/p-1/b33-24+;/t31-,32-,35+,39+,50-;/m1./s1. The maximum atomic E-state index is 14.3. The molecule has 2 aliphatic heterocycles. The Labute approximate surface area is 402 Å². The van der Waals surface area contributed by atoms with Gasteiger partial charge in [-0.3, -0.25) is 24.2 Å². The molecule has 0 aromatic carbocycles. The second-order valence-corrected chi connectivity index (χ2v) is 19.3. The van der Waals surface area contributed by atoms with Crippen molar-refractivity contribution in [1.82, 2.24) is 19.9 Å². The Bertz CT molecular complexity index is 2490. The van der Waals surface area contributed by atoms with Crippen LogP contribution in [0.15, 0.2) is 29.8 Å². The monoisotopic (exact) mass is 895 g/mol. The minimum absolute atomic E-state index is 0. The van der Waals surface area contributed by atoms with Crippen LogP contribution in [0.1, 0.15) is 210 Å². The Balaban J connectivity index is 0.00000793. The molecule has 8 bridgehead atoms. The minimum Gasteiger partial charge on any atom is -0.657 e. The van der Waals surface area contributed by atoms with Crippen molar-refractivity contribution >= 4 is 80.3 Å². The molecular formula is C54H70MgN4O6. The first-order valence-corrected chi connectivity index (χ1v) is 23.8. The van der Waals surface area contributed by atoms with E-state index in [0.717, 1.165) is 47.8 Å². The molecule has 0 fully saturated rings. The van der Waals surface area contributed by atoms with Gasteiger partial charge in [0.2, 0.25) is 0 Å². The zero-order valence-electron chi connectivity index (χ0n) is 41.0. The van der Waals surface area contributed by atoms with Crippen molar-refractivity contribution in [2.45, 2.75) is 164 Å². The van der Waals surface area contributed by atoms with Crippen molar-refractivity contribution in [2.75, 3.05) is 13.7 Å². The number of carbonyl (C=O) groups excluding carboxylic acids is 4. The fraction of sp³-hybridized carbons (Fsp3) is 0.556. The van der Waals surface area contributed by atoms with Crippen molar-refractivity contribution in [3.05, 3.63) is 80.4 Å². The number of rotatable bonds is 20. The maximum Gasteiger partial charge on any atom is 2.00 e. The molecule has 344 valence electrons. The molecule has 5 atom stereocenters. The van der Waals surface area contributed by atoms with E-state index in [1.54, 1.807) is 0 Å². The number of hydrogen-bond acceptors (Lipinski definition) is 8. The number of carbonyl (C=O) groups is 4. The Hall–Kier alpha value is -4.35. The van der Waals surface area contributed by atoms with E-state index >= 15 is 0 Å². The quantitative estimate of drug-likeness (QED) is 0.0354. The summed E-state index contributed by atoms with van der Waals surface area (Å²) in [5.74, 6) is -0.961. The molecule has 0 radical (unpaired) electrons. The van der Waals surface area contributed by atoms with Crippen LogP contribution in [0.25, 0.3) is 33.2 Å². The SMILES string of the molecule is CCC1=C(C)c2cc3[n-]c(cc4nc(c5c6[n-]c(cc1n2)c(C)c6C(=O)[C@@H]5C(=O)OC)[C@@H](CCC(=O)OC/C=C(\C)CCC[C@H](C)CCC[C@H](C)CCCC(C)C)[C@@H]4C)c(C)c3C=O.[Mg+2]. The van der Waals surface area contributed by atoms with Gasteiger partial charge in [0, 0.05) is 40.8 Å². The summed E-state index contributed by atoms with van der Waals surface area (Å²) in [6, 6.07) is 5.63. The van der Waals surface area contributed by atoms with Crippen LogP contribution in [0.2, 0.25) is 0 Å². The number of fused-ring (bicyclic) bond motifs is 8. The van der Waals surface area contributed by atoms with Gasteiger partial charge in [0.25, 0.3) is 0 Å². The average molecular weight is 895 g/mol. The van der Waals surface area contributed by atoms with Crippen LogP contribution < -0.4 is 9.97 Å². The Morgan fingerprint density at radius 1 is 0.846 bits per heavy atom. The van der Waals surface area contributed by atoms with E-state index in [1.807, 2.05) is 52.0 Å². The third-order valence-corrected chi connectivity index (χ3v) is 14.1. The first kappa shape index (κ1) is 51.6. The molecule has 3 aromatic heterocycles. The molecule has 0 N–H and O–H groups in total. The Kier molecular flexibility index (Phi) is 18.2. The van der Waals surface area contributed by atoms with Crippen molar-refractivity contribution in [3.8, 4) is 0 Å². The number of hydrogen-bond donors (Lipinski definition) is 0. The maximum absolute atomic E-state index is 14.3. The van der Waals surface area contributed by atoms with E-state index in [4.69, 9.17) is 29.4 Å². The smallest absolute Gasteiger partial charge is 0.657 e. The molecule has 0 unspecified atom stereocenters. The van der Waals surface area contributed by atoms with Gasteiger partial charge >= 0.3 is 35.0 Å². The molecule has 0 saturated carbocycles. The van der Waals surface area contributed by atoms with E-state index in [0.29, 0.717) is 85.7 Å². The van der Waals surface area contributed by atoms with E-state index in [2.05, 4.69) is 41.5 Å². The third-order valence-electron chi connectivity index (χ3n) is 14.1. The summed E-state index contributed by atoms with van der Waals surface area (Å²) >= 11 is 0. The minimum atomic E-state index is -1.25. The largest absolute Gasteiger partial charge is 2.00 e. The van der Waals surface area contributed by atoms with Crippen molar-refractivity contribution < 1.29 is 28.7 Å². The predicted octanol–water partition coefficient (Wildman–Crippen LogP) is 12.0. The molecule has 3 aliphatic rings. The molecule has 11 heteroatoms. The molecule has 6 rings (SSSR count). The number of aromatic nitrogens is 4. The molecule has 0 spiro atoms. The third kappa shape index (κ3) is 11.6. The van der Waals surface area contributed by atoms with Gasteiger partial charge in [-0.1, -0.05) is 121 Å². The number of ether oxygens (including phenoxy) is 2. The zero-order valence-corrected chi connectivity index (χ0v) is 42.4. The molecular weight excluding hydrogens is 825 g/mol. The Morgan fingerprint density at radius 2 is 1.49 bits per heavy atom. The van der Waals surface area contributed by atoms with Crippen molar-refractivity contribution in [2.24, 2.45) is 17.8 Å². The summed E-state index contributed by atoms with van der Waals surface area (Å²) in [6.07, 6.45) is 15.2. The molecule has 65 heavy (non-hydrogen) atoms. The number of Topliss-reactive ketones (excluding diaryl/α,β-unsaturated/α-hetero) is 1. The van der Waals surface area contributed by atoms with Crippen LogP contribution >= 0.6 is 0 Å². The van der Waals surface area contributed by atoms with E-state index in [9.17, 15) is 19.2 Å². The number of methoxy groups -OCH3 is 1. The molecule has 0 amide bonds. The molecule has 5 heterocycles. The average Bonchev–Trinajstić information content (AvgIpc) is 3.99. The van der Waals surface area contributed by atoms with Crippen LogP contribution in [-0.2, 0) is 19.1 Å². The molecule has 10 nitrogen and oxygen atoms in total. The number of allylic oxidation sites excluding steroid dienone is 3. The van der Waals surface area contributed by atoms with Gasteiger partial charge in [0.05, 0.1) is 18.5 Å². The van der Waals surface area contributed by atoms with Gasteiger partial charge in [-0.15, -0.1) is 22.1 Å². The summed E-state index contributed by atoms with van der Waals surface area (Å²) in [5.41, 5.74) is 10.6. The first-order valence-electron chi connectivity index (χ1n) is 23.8. The number of esters is 2. The van der Waals surface area contributed by atoms with Crippen LogP contribution in [0, 0.1) is 31.6 Å². The topological polar surface area (TPSA) is 141 Å². The van der Waals surface area contributed by atoms with Crippen LogP contribution in [0.5, 0.6) is 0 Å². The fourth-order valence-electron chi connectivity index (χ4n) is 9.97. The summed E-state index contributed by atoms with van der Waals surface area (Å²) in [7, 11) is 1.28. The van der Waals surface area contributed by atoms with E-state index in [1.165, 1.54) is 57.6 Å². The first-order chi connectivity index (χ1) is 30.6. The fourth-order valence-corrected chi connectivity index (χ4v) is 9.97. The zero-order chi connectivity index (χ0) is 46.4. The number of ketones is 1. The van der Waals surface area contributed by atoms with Crippen molar-refractivity contribution in [3.63, 3.8) is 0 Å². The van der Waals surface area contributed by atoms with E-state index < -0.39 is 11.9 Å². The van der Waals surface area contributed by atoms with Gasteiger partial charge in [-0.2, -0.15) is 0 Å². The molecule has 3 aromatic rings. The number of nitrogens with zero attached hydrogens (tertiary/aromatic N) is 4. The second kappa shape index (κ2) is 22.9. The van der Waals surface area contributed by atoms with Crippen LogP contribution in [-0.4, -0.2) is 70.7 Å². The van der Waals surface area contributed by atoms with Crippen LogP contribution in [0.3, 0.4) is 0 Å². The summed E-state index contributed by atoms with van der Waals surface area (Å²) < 4.78 is 11.0. The van der Waals surface area contributed by atoms with Gasteiger partial charge < -0.3 is 19.4 Å². The second-order valence-electron chi connectivity index (χ2n) is 19.3. The van der Waals surface area contributed by atoms with Gasteiger partial charge in [0.1, 0.15) is 18.8 Å². The number of aryl methyl sites for hydroxylation is 2. The summed E-state index contributed by atoms with van der Waals surface area (Å²) in [5, 5.41) is 0.